The number of fused-ring (bicyclic) bond motifs is 1. The summed E-state index contributed by atoms with van der Waals surface area (Å²) in [6.07, 6.45) is 0. The number of H-pyrrole nitrogens is 1. The molecule has 1 aromatic heterocycles. The van der Waals surface area contributed by atoms with Gasteiger partial charge in [-0.2, -0.15) is 0 Å². The van der Waals surface area contributed by atoms with Gasteiger partial charge >= 0.3 is 5.97 Å². The third-order valence-electron chi connectivity index (χ3n) is 3.15. The molecule has 3 aromatic rings. The van der Waals surface area contributed by atoms with Gasteiger partial charge in [-0.05, 0) is 23.8 Å². The third kappa shape index (κ3) is 1.99. The molecule has 0 aliphatic rings. The Morgan fingerprint density at radius 2 is 1.84 bits per heavy atom. The van der Waals surface area contributed by atoms with E-state index in [4.69, 9.17) is 4.74 Å². The van der Waals surface area contributed by atoms with Crippen molar-refractivity contribution in [3.05, 3.63) is 60.2 Å². The molecule has 0 saturated carbocycles. The highest BCUT2D eigenvalue weighted by Gasteiger charge is 2.12. The molecule has 0 spiro atoms. The van der Waals surface area contributed by atoms with Gasteiger partial charge in [0.15, 0.2) is 0 Å². The van der Waals surface area contributed by atoms with Crippen LogP contribution in [0.3, 0.4) is 0 Å². The first-order valence-electron chi connectivity index (χ1n) is 6.05. The van der Waals surface area contributed by atoms with Crippen molar-refractivity contribution in [2.45, 2.75) is 0 Å². The SMILES string of the molecule is COC(=O)c1cccc2[nH]c(-c3ccccc3)cc12. The zero-order valence-corrected chi connectivity index (χ0v) is 10.5. The van der Waals surface area contributed by atoms with Gasteiger partial charge in [-0.25, -0.2) is 4.79 Å². The van der Waals surface area contributed by atoms with E-state index in [-0.39, 0.29) is 5.97 Å². The van der Waals surface area contributed by atoms with Crippen LogP contribution in [0.5, 0.6) is 0 Å². The average molecular weight is 251 g/mol. The van der Waals surface area contributed by atoms with Crippen molar-refractivity contribution in [1.82, 2.24) is 4.98 Å². The van der Waals surface area contributed by atoms with E-state index in [1.807, 2.05) is 48.5 Å². The monoisotopic (exact) mass is 251 g/mol. The Kier molecular flexibility index (Phi) is 2.80. The van der Waals surface area contributed by atoms with Crippen LogP contribution in [0.25, 0.3) is 22.2 Å². The number of benzene rings is 2. The standard InChI is InChI=1S/C16H13NO2/c1-19-16(18)12-8-5-9-14-13(12)10-15(17-14)11-6-3-2-4-7-11/h2-10,17H,1H3. The fraction of sp³-hybridized carbons (Fsp3) is 0.0625. The summed E-state index contributed by atoms with van der Waals surface area (Å²) in [5.41, 5.74) is 3.60. The Morgan fingerprint density at radius 3 is 2.58 bits per heavy atom. The van der Waals surface area contributed by atoms with Crippen molar-refractivity contribution in [1.29, 1.82) is 0 Å². The number of aromatic amines is 1. The first-order valence-corrected chi connectivity index (χ1v) is 6.05. The number of esters is 1. The summed E-state index contributed by atoms with van der Waals surface area (Å²) in [7, 11) is 1.39. The van der Waals surface area contributed by atoms with E-state index in [0.29, 0.717) is 5.56 Å². The van der Waals surface area contributed by atoms with Crippen LogP contribution in [0.1, 0.15) is 10.4 Å². The number of hydrogen-bond acceptors (Lipinski definition) is 2. The average Bonchev–Trinajstić information content (AvgIpc) is 2.91. The summed E-state index contributed by atoms with van der Waals surface area (Å²) in [6.45, 7) is 0. The smallest absolute Gasteiger partial charge is 0.338 e. The number of rotatable bonds is 2. The molecular formula is C16H13NO2. The molecule has 3 rings (SSSR count). The van der Waals surface area contributed by atoms with E-state index in [1.165, 1.54) is 7.11 Å². The minimum atomic E-state index is -0.316. The molecule has 0 unspecified atom stereocenters. The Bertz CT molecular complexity index is 729. The lowest BCUT2D eigenvalue weighted by molar-refractivity contribution is 0.0603. The number of ether oxygens (including phenoxy) is 1. The van der Waals surface area contributed by atoms with Gasteiger partial charge in [-0.1, -0.05) is 36.4 Å². The predicted molar refractivity (Wildman–Crippen MR) is 75.1 cm³/mol. The fourth-order valence-corrected chi connectivity index (χ4v) is 2.22. The van der Waals surface area contributed by atoms with Gasteiger partial charge in [0.25, 0.3) is 0 Å². The van der Waals surface area contributed by atoms with Crippen molar-refractivity contribution in [2.75, 3.05) is 7.11 Å². The van der Waals surface area contributed by atoms with Gasteiger partial charge in [0.1, 0.15) is 0 Å². The number of hydrogen-bond donors (Lipinski definition) is 1. The molecule has 0 aliphatic heterocycles. The molecular weight excluding hydrogens is 238 g/mol. The quantitative estimate of drug-likeness (QED) is 0.707. The lowest BCUT2D eigenvalue weighted by Gasteiger charge is -1.99. The van der Waals surface area contributed by atoms with Crippen LogP contribution in [0.2, 0.25) is 0 Å². The van der Waals surface area contributed by atoms with Crippen molar-refractivity contribution < 1.29 is 9.53 Å². The topological polar surface area (TPSA) is 42.1 Å². The van der Waals surface area contributed by atoms with Crippen molar-refractivity contribution in [3.63, 3.8) is 0 Å². The number of nitrogens with one attached hydrogen (secondary N) is 1. The maximum atomic E-state index is 11.7. The van der Waals surface area contributed by atoms with Crippen molar-refractivity contribution >= 4 is 16.9 Å². The first-order chi connectivity index (χ1) is 9.29. The fourth-order valence-electron chi connectivity index (χ4n) is 2.22. The Balaban J connectivity index is 2.19. The van der Waals surface area contributed by atoms with Crippen LogP contribution in [0.15, 0.2) is 54.6 Å². The maximum Gasteiger partial charge on any atom is 0.338 e. The van der Waals surface area contributed by atoms with Gasteiger partial charge in [-0.3, -0.25) is 0 Å². The van der Waals surface area contributed by atoms with Gasteiger partial charge < -0.3 is 9.72 Å². The van der Waals surface area contributed by atoms with E-state index in [0.717, 1.165) is 22.2 Å². The largest absolute Gasteiger partial charge is 0.465 e. The number of carbonyl (C=O) groups excluding carboxylic acids is 1. The molecule has 0 atom stereocenters. The highest BCUT2D eigenvalue weighted by Crippen LogP contribution is 2.26. The molecule has 94 valence electrons. The molecule has 0 saturated heterocycles. The van der Waals surface area contributed by atoms with Gasteiger partial charge in [0, 0.05) is 16.6 Å². The normalized spacial score (nSPS) is 10.6. The minimum absolute atomic E-state index is 0.316. The van der Waals surface area contributed by atoms with Crippen molar-refractivity contribution in [3.8, 4) is 11.3 Å². The number of methoxy groups -OCH3 is 1. The highest BCUT2D eigenvalue weighted by molar-refractivity contribution is 6.05. The summed E-state index contributed by atoms with van der Waals surface area (Å²) in [6, 6.07) is 17.6. The molecule has 1 N–H and O–H groups in total. The first kappa shape index (κ1) is 11.5. The number of aromatic nitrogens is 1. The van der Waals surface area contributed by atoms with Crippen LogP contribution in [-0.4, -0.2) is 18.1 Å². The molecule has 0 bridgehead atoms. The second kappa shape index (κ2) is 4.61. The van der Waals surface area contributed by atoms with E-state index in [9.17, 15) is 4.79 Å². The van der Waals surface area contributed by atoms with Crippen LogP contribution in [-0.2, 0) is 4.74 Å². The summed E-state index contributed by atoms with van der Waals surface area (Å²) in [5.74, 6) is -0.316. The Hall–Kier alpha value is -2.55. The zero-order valence-electron chi connectivity index (χ0n) is 10.5. The molecule has 19 heavy (non-hydrogen) atoms. The summed E-state index contributed by atoms with van der Waals surface area (Å²) in [4.78, 5) is 15.1. The Labute approximate surface area is 110 Å². The maximum absolute atomic E-state index is 11.7. The second-order valence-corrected chi connectivity index (χ2v) is 4.31. The molecule has 3 nitrogen and oxygen atoms in total. The predicted octanol–water partition coefficient (Wildman–Crippen LogP) is 3.62. The van der Waals surface area contributed by atoms with Gasteiger partial charge in [0.05, 0.1) is 12.7 Å². The van der Waals surface area contributed by atoms with E-state index >= 15 is 0 Å². The van der Waals surface area contributed by atoms with E-state index < -0.39 is 0 Å². The van der Waals surface area contributed by atoms with Crippen LogP contribution in [0, 0.1) is 0 Å². The molecule has 2 aromatic carbocycles. The molecule has 0 aliphatic carbocycles. The lowest BCUT2D eigenvalue weighted by Crippen LogP contribution is -2.00. The van der Waals surface area contributed by atoms with Gasteiger partial charge in [0.2, 0.25) is 0 Å². The van der Waals surface area contributed by atoms with Crippen molar-refractivity contribution in [2.24, 2.45) is 0 Å². The molecule has 0 fully saturated rings. The summed E-state index contributed by atoms with van der Waals surface area (Å²) < 4.78 is 4.81. The minimum Gasteiger partial charge on any atom is -0.465 e. The molecule has 0 amide bonds. The zero-order chi connectivity index (χ0) is 13.2. The van der Waals surface area contributed by atoms with Crippen LogP contribution >= 0.6 is 0 Å². The molecule has 0 radical (unpaired) electrons. The summed E-state index contributed by atoms with van der Waals surface area (Å²) in [5, 5.41) is 0.883. The Morgan fingerprint density at radius 1 is 1.05 bits per heavy atom. The van der Waals surface area contributed by atoms with Gasteiger partial charge in [-0.15, -0.1) is 0 Å². The highest BCUT2D eigenvalue weighted by atomic mass is 16.5. The third-order valence-corrected chi connectivity index (χ3v) is 3.15. The van der Waals surface area contributed by atoms with Crippen LogP contribution in [0.4, 0.5) is 0 Å². The summed E-state index contributed by atoms with van der Waals surface area (Å²) >= 11 is 0. The van der Waals surface area contributed by atoms with E-state index in [2.05, 4.69) is 4.98 Å². The second-order valence-electron chi connectivity index (χ2n) is 4.31. The molecule has 1 heterocycles. The number of carbonyl (C=O) groups is 1. The lowest BCUT2D eigenvalue weighted by atomic mass is 10.1. The van der Waals surface area contributed by atoms with Crippen LogP contribution < -0.4 is 0 Å². The molecule has 3 heteroatoms. The van der Waals surface area contributed by atoms with E-state index in [1.54, 1.807) is 6.07 Å².